The summed E-state index contributed by atoms with van der Waals surface area (Å²) < 4.78 is 0. The normalized spacial score (nSPS) is 27.0. The van der Waals surface area contributed by atoms with E-state index in [1.807, 2.05) is 19.0 Å². The Morgan fingerprint density at radius 1 is 0.833 bits per heavy atom. The molecule has 3 aromatic rings. The quantitative estimate of drug-likeness (QED) is 0.357. The Balaban J connectivity index is 1.33. The number of benzene rings is 3. The molecule has 4 aliphatic rings. The summed E-state index contributed by atoms with van der Waals surface area (Å²) in [5.41, 5.74) is 6.03. The monoisotopic (exact) mass is 478 g/mol. The molecule has 1 amide bonds. The fourth-order valence-corrected chi connectivity index (χ4v) is 8.16. The van der Waals surface area contributed by atoms with Crippen LogP contribution in [0, 0.1) is 23.2 Å². The van der Waals surface area contributed by atoms with Gasteiger partial charge in [-0.2, -0.15) is 0 Å². The van der Waals surface area contributed by atoms with E-state index in [0.29, 0.717) is 6.42 Å². The lowest BCUT2D eigenvalue weighted by Crippen LogP contribution is -2.48. The summed E-state index contributed by atoms with van der Waals surface area (Å²) in [7, 11) is 3.94. The van der Waals surface area contributed by atoms with E-state index in [4.69, 9.17) is 0 Å². The standard InChI is InChI=1S/C33H38N2O/c1-34-28-14-12-27(13-15-28)32(26-8-4-3-5-9-26)29-10-6-7-11-30(29)35(2)31(36)22-33-19-23-16-24(20-33)18-25(17-23)21-33/h3-15,23-25,32,34H,16-22H2,1-2H3. The molecule has 0 radical (unpaired) electrons. The van der Waals surface area contributed by atoms with Gasteiger partial charge in [0.15, 0.2) is 0 Å². The van der Waals surface area contributed by atoms with E-state index in [2.05, 4.69) is 84.2 Å². The van der Waals surface area contributed by atoms with Gasteiger partial charge in [-0.1, -0.05) is 60.7 Å². The Morgan fingerprint density at radius 2 is 1.39 bits per heavy atom. The molecule has 3 aromatic carbocycles. The molecule has 186 valence electrons. The van der Waals surface area contributed by atoms with Crippen LogP contribution in [0.25, 0.3) is 0 Å². The number of carbonyl (C=O) groups is 1. The van der Waals surface area contributed by atoms with Crippen LogP contribution >= 0.6 is 0 Å². The SMILES string of the molecule is CNc1ccc(C(c2ccccc2)c2ccccc2N(C)C(=O)CC23CC4CC(CC(C4)C2)C3)cc1. The zero-order valence-corrected chi connectivity index (χ0v) is 21.6. The van der Waals surface area contributed by atoms with E-state index in [0.717, 1.165) is 29.1 Å². The molecule has 36 heavy (non-hydrogen) atoms. The van der Waals surface area contributed by atoms with Crippen molar-refractivity contribution in [2.24, 2.45) is 23.2 Å². The van der Waals surface area contributed by atoms with Gasteiger partial charge in [-0.15, -0.1) is 0 Å². The third-order valence-electron chi connectivity index (χ3n) is 9.34. The van der Waals surface area contributed by atoms with Crippen LogP contribution in [-0.4, -0.2) is 20.0 Å². The number of anilines is 2. The maximum Gasteiger partial charge on any atom is 0.227 e. The minimum Gasteiger partial charge on any atom is -0.388 e. The van der Waals surface area contributed by atoms with Crippen LogP contribution in [0.4, 0.5) is 11.4 Å². The van der Waals surface area contributed by atoms with E-state index < -0.39 is 0 Å². The lowest BCUT2D eigenvalue weighted by Gasteiger charge is -2.56. The Labute approximate surface area is 215 Å². The molecule has 1 unspecified atom stereocenters. The molecular formula is C33H38N2O. The average Bonchev–Trinajstić information content (AvgIpc) is 2.89. The summed E-state index contributed by atoms with van der Waals surface area (Å²) in [5.74, 6) is 2.93. The highest BCUT2D eigenvalue weighted by Gasteiger charge is 2.51. The molecule has 4 saturated carbocycles. The third-order valence-corrected chi connectivity index (χ3v) is 9.34. The summed E-state index contributed by atoms with van der Waals surface area (Å²) in [6, 6.07) is 27.9. The summed E-state index contributed by atoms with van der Waals surface area (Å²) in [4.78, 5) is 15.8. The molecule has 1 atom stereocenters. The number of hydrogen-bond acceptors (Lipinski definition) is 2. The Kier molecular flexibility index (Phi) is 6.11. The maximum atomic E-state index is 13.9. The molecule has 0 aromatic heterocycles. The number of nitrogens with one attached hydrogen (secondary N) is 1. The van der Waals surface area contributed by atoms with Crippen molar-refractivity contribution in [2.45, 2.75) is 50.9 Å². The van der Waals surface area contributed by atoms with Gasteiger partial charge in [0.2, 0.25) is 5.91 Å². The highest BCUT2D eigenvalue weighted by atomic mass is 16.2. The van der Waals surface area contributed by atoms with Gasteiger partial charge >= 0.3 is 0 Å². The number of hydrogen-bond donors (Lipinski definition) is 1. The second kappa shape index (κ2) is 9.42. The van der Waals surface area contributed by atoms with E-state index in [1.165, 1.54) is 55.2 Å². The number of carbonyl (C=O) groups excluding carboxylic acids is 1. The van der Waals surface area contributed by atoms with Gasteiger partial charge in [0.25, 0.3) is 0 Å². The first-order valence-corrected chi connectivity index (χ1v) is 13.7. The fourth-order valence-electron chi connectivity index (χ4n) is 8.16. The van der Waals surface area contributed by atoms with Gasteiger partial charge in [-0.25, -0.2) is 0 Å². The summed E-state index contributed by atoms with van der Waals surface area (Å²) in [6.45, 7) is 0. The Morgan fingerprint density at radius 3 is 2.00 bits per heavy atom. The molecule has 0 heterocycles. The maximum absolute atomic E-state index is 13.9. The van der Waals surface area contributed by atoms with Crippen LogP contribution in [-0.2, 0) is 4.79 Å². The first-order valence-electron chi connectivity index (χ1n) is 13.7. The van der Waals surface area contributed by atoms with Crippen molar-refractivity contribution in [3.63, 3.8) is 0 Å². The Bertz CT molecular complexity index is 1180. The number of rotatable bonds is 7. The topological polar surface area (TPSA) is 32.3 Å². The lowest BCUT2D eigenvalue weighted by molar-refractivity contribution is -0.126. The third kappa shape index (κ3) is 4.34. The van der Waals surface area contributed by atoms with E-state index in [9.17, 15) is 4.79 Å². The molecule has 4 aliphatic carbocycles. The van der Waals surface area contributed by atoms with Crippen LogP contribution in [0.5, 0.6) is 0 Å². The smallest absolute Gasteiger partial charge is 0.227 e. The number of amides is 1. The van der Waals surface area contributed by atoms with Crippen molar-refractivity contribution < 1.29 is 4.79 Å². The average molecular weight is 479 g/mol. The molecule has 7 rings (SSSR count). The van der Waals surface area contributed by atoms with E-state index >= 15 is 0 Å². The zero-order chi connectivity index (χ0) is 24.7. The second-order valence-electron chi connectivity index (χ2n) is 11.8. The predicted molar refractivity (Wildman–Crippen MR) is 148 cm³/mol. The van der Waals surface area contributed by atoms with Crippen molar-refractivity contribution in [2.75, 3.05) is 24.3 Å². The molecule has 0 aliphatic heterocycles. The van der Waals surface area contributed by atoms with Gasteiger partial charge in [-0.05, 0) is 96.6 Å². The van der Waals surface area contributed by atoms with Crippen LogP contribution in [0.3, 0.4) is 0 Å². The zero-order valence-electron chi connectivity index (χ0n) is 21.6. The Hall–Kier alpha value is -3.07. The minimum absolute atomic E-state index is 0.0584. The van der Waals surface area contributed by atoms with Crippen LogP contribution in [0.1, 0.15) is 67.6 Å². The first-order chi connectivity index (χ1) is 17.5. The molecule has 4 bridgehead atoms. The fraction of sp³-hybridized carbons (Fsp3) is 0.424. The van der Waals surface area contributed by atoms with Crippen LogP contribution < -0.4 is 10.2 Å². The van der Waals surface area contributed by atoms with Gasteiger partial charge in [0.05, 0.1) is 0 Å². The minimum atomic E-state index is 0.0584. The molecular weight excluding hydrogens is 440 g/mol. The van der Waals surface area contributed by atoms with Crippen LogP contribution in [0.2, 0.25) is 0 Å². The predicted octanol–water partition coefficient (Wildman–Crippen LogP) is 7.48. The van der Waals surface area contributed by atoms with E-state index in [-0.39, 0.29) is 17.2 Å². The lowest BCUT2D eigenvalue weighted by atomic mass is 9.49. The molecule has 0 saturated heterocycles. The highest BCUT2D eigenvalue weighted by Crippen LogP contribution is 2.61. The summed E-state index contributed by atoms with van der Waals surface area (Å²) in [5, 5.41) is 3.23. The second-order valence-corrected chi connectivity index (χ2v) is 11.8. The van der Waals surface area contributed by atoms with Gasteiger partial charge in [-0.3, -0.25) is 4.79 Å². The first kappa shape index (κ1) is 23.3. The van der Waals surface area contributed by atoms with Crippen molar-refractivity contribution >= 4 is 17.3 Å². The largest absolute Gasteiger partial charge is 0.388 e. The summed E-state index contributed by atoms with van der Waals surface area (Å²) in [6.07, 6.45) is 8.75. The van der Waals surface area contributed by atoms with Crippen molar-refractivity contribution in [1.82, 2.24) is 0 Å². The van der Waals surface area contributed by atoms with Gasteiger partial charge in [0, 0.05) is 37.8 Å². The molecule has 4 fully saturated rings. The summed E-state index contributed by atoms with van der Waals surface area (Å²) >= 11 is 0. The van der Waals surface area contributed by atoms with Crippen LogP contribution in [0.15, 0.2) is 78.9 Å². The van der Waals surface area contributed by atoms with E-state index in [1.54, 1.807) is 0 Å². The molecule has 0 spiro atoms. The molecule has 1 N–H and O–H groups in total. The van der Waals surface area contributed by atoms with Crippen molar-refractivity contribution in [3.8, 4) is 0 Å². The van der Waals surface area contributed by atoms with Gasteiger partial charge < -0.3 is 10.2 Å². The number of nitrogens with zero attached hydrogens (tertiary/aromatic N) is 1. The van der Waals surface area contributed by atoms with Gasteiger partial charge in [0.1, 0.15) is 0 Å². The van der Waals surface area contributed by atoms with Crippen molar-refractivity contribution in [1.29, 1.82) is 0 Å². The molecule has 3 heteroatoms. The highest BCUT2D eigenvalue weighted by molar-refractivity contribution is 5.94. The number of para-hydroxylation sites is 1. The molecule has 3 nitrogen and oxygen atoms in total. The van der Waals surface area contributed by atoms with Crippen molar-refractivity contribution in [3.05, 3.63) is 95.6 Å².